The van der Waals surface area contributed by atoms with Crippen molar-refractivity contribution in [2.24, 2.45) is 0 Å². The van der Waals surface area contributed by atoms with Crippen LogP contribution in [-0.4, -0.2) is 39.6 Å². The number of Topliss-reactive ketones (excluding diaryl/α,β-unsaturated/α-hetero) is 1. The van der Waals surface area contributed by atoms with Gasteiger partial charge in [0, 0.05) is 35.2 Å². The molecule has 3 aliphatic carbocycles. The van der Waals surface area contributed by atoms with Crippen LogP contribution in [0.5, 0.6) is 0 Å². The maximum absolute atomic E-state index is 12.9. The van der Waals surface area contributed by atoms with Gasteiger partial charge in [-0.15, -0.1) is 0 Å². The molecule has 0 saturated carbocycles. The van der Waals surface area contributed by atoms with Crippen molar-refractivity contribution in [3.8, 4) is 0 Å². The van der Waals surface area contributed by atoms with E-state index in [9.17, 15) is 9.00 Å². The zero-order valence-corrected chi connectivity index (χ0v) is 14.5. The van der Waals surface area contributed by atoms with Gasteiger partial charge in [0.25, 0.3) is 0 Å². The summed E-state index contributed by atoms with van der Waals surface area (Å²) in [7, 11) is 0.892. The summed E-state index contributed by atoms with van der Waals surface area (Å²) >= 11 is 0. The Morgan fingerprint density at radius 2 is 2.13 bits per heavy atom. The van der Waals surface area contributed by atoms with Crippen LogP contribution in [0.15, 0.2) is 46.2 Å². The van der Waals surface area contributed by atoms with Crippen LogP contribution >= 0.6 is 0 Å². The minimum atomic E-state index is -1.11. The van der Waals surface area contributed by atoms with E-state index in [4.69, 9.17) is 0 Å². The Morgan fingerprint density at radius 3 is 2.91 bits per heavy atom. The van der Waals surface area contributed by atoms with E-state index < -0.39 is 10.8 Å². The minimum absolute atomic E-state index is 0.0374. The number of hydrazine groups is 1. The molecular weight excluding hydrogens is 308 g/mol. The molecule has 0 amide bonds. The highest BCUT2D eigenvalue weighted by Gasteiger charge is 2.53. The SMILES string of the molecule is CN1NC23C=CC=C1C2=C(C(=O)CS(C)=O)C1=C3CCCCC1. The average Bonchev–Trinajstić information content (AvgIpc) is 2.73. The molecule has 4 nitrogen and oxygen atoms in total. The summed E-state index contributed by atoms with van der Waals surface area (Å²) in [6.07, 6.45) is 13.5. The van der Waals surface area contributed by atoms with Gasteiger partial charge in [-0.1, -0.05) is 18.6 Å². The van der Waals surface area contributed by atoms with E-state index in [1.165, 1.54) is 24.0 Å². The standard InChI is InChI=1S/C18H22N2O2S/c1-20-14-9-6-10-18(19-20)13-8-5-3-4-7-12(13)16(17(14)18)15(21)11-23(2)22/h6,9-10,19H,3-5,7-8,11H2,1-2H3. The number of allylic oxidation sites excluding steroid dienone is 4. The van der Waals surface area contributed by atoms with Crippen LogP contribution in [0, 0.1) is 0 Å². The van der Waals surface area contributed by atoms with Gasteiger partial charge in [0.05, 0.1) is 11.4 Å². The van der Waals surface area contributed by atoms with Gasteiger partial charge in [-0.2, -0.15) is 0 Å². The van der Waals surface area contributed by atoms with E-state index in [1.54, 1.807) is 6.26 Å². The second-order valence-corrected chi connectivity index (χ2v) is 8.23. The van der Waals surface area contributed by atoms with Crippen molar-refractivity contribution in [2.75, 3.05) is 19.1 Å². The highest BCUT2D eigenvalue weighted by Crippen LogP contribution is 2.54. The highest BCUT2D eigenvalue weighted by molar-refractivity contribution is 7.85. The normalized spacial score (nSPS) is 30.2. The van der Waals surface area contributed by atoms with Crippen molar-refractivity contribution < 1.29 is 9.00 Å². The van der Waals surface area contributed by atoms with Crippen LogP contribution in [0.3, 0.4) is 0 Å². The zero-order valence-electron chi connectivity index (χ0n) is 13.6. The molecule has 122 valence electrons. The van der Waals surface area contributed by atoms with Gasteiger partial charge in [0.2, 0.25) is 0 Å². The molecule has 4 aliphatic rings. The summed E-state index contributed by atoms with van der Waals surface area (Å²) in [5.74, 6) is 0.155. The predicted octanol–water partition coefficient (Wildman–Crippen LogP) is 2.15. The molecular formula is C18H22N2O2S. The highest BCUT2D eigenvalue weighted by atomic mass is 32.2. The summed E-state index contributed by atoms with van der Waals surface area (Å²) in [6, 6.07) is 0. The van der Waals surface area contributed by atoms with Crippen LogP contribution in [0.1, 0.15) is 32.1 Å². The summed E-state index contributed by atoms with van der Waals surface area (Å²) in [6.45, 7) is 0. The second kappa shape index (κ2) is 5.28. The average molecular weight is 330 g/mol. The van der Waals surface area contributed by atoms with Crippen LogP contribution in [0.25, 0.3) is 0 Å². The minimum Gasteiger partial charge on any atom is -0.310 e. The smallest absolute Gasteiger partial charge is 0.176 e. The Bertz CT molecular complexity index is 744. The predicted molar refractivity (Wildman–Crippen MR) is 91.9 cm³/mol. The Balaban J connectivity index is 1.92. The van der Waals surface area contributed by atoms with Gasteiger partial charge in [0.15, 0.2) is 5.78 Å². The van der Waals surface area contributed by atoms with Crippen molar-refractivity contribution in [1.82, 2.24) is 10.4 Å². The second-order valence-electron chi connectivity index (χ2n) is 6.80. The number of likely N-dealkylation sites (N-methyl/N-ethyl adjacent to an activating group) is 1. The van der Waals surface area contributed by atoms with Crippen molar-refractivity contribution in [3.05, 3.63) is 46.2 Å². The molecule has 23 heavy (non-hydrogen) atoms. The van der Waals surface area contributed by atoms with Gasteiger partial charge < -0.3 is 5.01 Å². The topological polar surface area (TPSA) is 49.4 Å². The number of hydrogen-bond acceptors (Lipinski definition) is 4. The fourth-order valence-electron chi connectivity index (χ4n) is 4.50. The van der Waals surface area contributed by atoms with E-state index in [1.807, 2.05) is 12.1 Å². The quantitative estimate of drug-likeness (QED) is 0.861. The lowest BCUT2D eigenvalue weighted by molar-refractivity contribution is -0.113. The number of carbonyl (C=O) groups is 1. The van der Waals surface area contributed by atoms with Crippen LogP contribution in [-0.2, 0) is 15.6 Å². The zero-order chi connectivity index (χ0) is 16.2. The van der Waals surface area contributed by atoms with Crippen molar-refractivity contribution in [2.45, 2.75) is 37.6 Å². The van der Waals surface area contributed by atoms with Crippen LogP contribution in [0.2, 0.25) is 0 Å². The van der Waals surface area contributed by atoms with Crippen molar-refractivity contribution in [1.29, 1.82) is 0 Å². The van der Waals surface area contributed by atoms with E-state index in [0.717, 1.165) is 36.1 Å². The molecule has 4 rings (SSSR count). The first-order valence-corrected chi connectivity index (χ1v) is 9.99. The van der Waals surface area contributed by atoms with Gasteiger partial charge in [-0.3, -0.25) is 9.00 Å². The number of rotatable bonds is 3. The molecule has 1 N–H and O–H groups in total. The first-order valence-electron chi connectivity index (χ1n) is 8.27. The largest absolute Gasteiger partial charge is 0.310 e. The summed E-state index contributed by atoms with van der Waals surface area (Å²) in [5.41, 5.74) is 8.87. The number of ketones is 1. The van der Waals surface area contributed by atoms with E-state index in [2.05, 4.69) is 23.7 Å². The Hall–Kier alpha value is -1.46. The molecule has 0 aromatic heterocycles. The lowest BCUT2D eigenvalue weighted by Gasteiger charge is -2.28. The van der Waals surface area contributed by atoms with Gasteiger partial charge >= 0.3 is 0 Å². The third-order valence-corrected chi connectivity index (χ3v) is 5.98. The molecule has 0 spiro atoms. The fourth-order valence-corrected chi connectivity index (χ4v) is 5.02. The number of carbonyl (C=O) groups excluding carboxylic acids is 1. The molecule has 2 atom stereocenters. The monoisotopic (exact) mass is 330 g/mol. The Labute approximate surface area is 139 Å². The Kier molecular flexibility index (Phi) is 3.46. The maximum Gasteiger partial charge on any atom is 0.176 e. The molecule has 2 unspecified atom stereocenters. The van der Waals surface area contributed by atoms with E-state index in [-0.39, 0.29) is 17.1 Å². The molecule has 5 heteroatoms. The first kappa shape index (κ1) is 15.1. The van der Waals surface area contributed by atoms with Gasteiger partial charge in [-0.25, -0.2) is 5.43 Å². The number of nitrogens with zero attached hydrogens (tertiary/aromatic N) is 1. The van der Waals surface area contributed by atoms with Gasteiger partial charge in [-0.05, 0) is 42.9 Å². The third kappa shape index (κ3) is 2.06. The Morgan fingerprint density at radius 1 is 1.35 bits per heavy atom. The summed E-state index contributed by atoms with van der Waals surface area (Å²) in [5, 5.41) is 2.03. The lowest BCUT2D eigenvalue weighted by atomic mass is 9.81. The van der Waals surface area contributed by atoms with Crippen LogP contribution in [0.4, 0.5) is 0 Å². The first-order chi connectivity index (χ1) is 11.0. The molecule has 0 aromatic carbocycles. The molecule has 1 aliphatic heterocycles. The van der Waals surface area contributed by atoms with E-state index in [0.29, 0.717) is 0 Å². The third-order valence-electron chi connectivity index (χ3n) is 5.32. The van der Waals surface area contributed by atoms with E-state index >= 15 is 0 Å². The molecule has 2 bridgehead atoms. The van der Waals surface area contributed by atoms with Crippen LogP contribution < -0.4 is 5.43 Å². The fraction of sp³-hybridized carbons (Fsp3) is 0.500. The van der Waals surface area contributed by atoms with Crippen molar-refractivity contribution in [3.63, 3.8) is 0 Å². The molecule has 1 heterocycles. The van der Waals surface area contributed by atoms with Gasteiger partial charge in [0.1, 0.15) is 5.54 Å². The number of nitrogens with one attached hydrogen (secondary N) is 1. The number of hydrogen-bond donors (Lipinski definition) is 1. The molecule has 1 fully saturated rings. The maximum atomic E-state index is 12.9. The van der Waals surface area contributed by atoms with Crippen molar-refractivity contribution >= 4 is 16.6 Å². The molecule has 1 saturated heterocycles. The lowest BCUT2D eigenvalue weighted by Crippen LogP contribution is -2.44. The summed E-state index contributed by atoms with van der Waals surface area (Å²) < 4.78 is 11.6. The molecule has 0 radical (unpaired) electrons. The molecule has 0 aromatic rings. The summed E-state index contributed by atoms with van der Waals surface area (Å²) in [4.78, 5) is 12.9.